The van der Waals surface area contributed by atoms with Gasteiger partial charge in [-0.15, -0.1) is 0 Å². The second-order valence-electron chi connectivity index (χ2n) is 15.8. The smallest absolute Gasteiger partial charge is 0.323 e. The molecule has 16 heteroatoms. The third-order valence-electron chi connectivity index (χ3n) is 10.1. The number of amides is 2. The molecule has 2 amide bonds. The Bertz CT molecular complexity index is 2680. The van der Waals surface area contributed by atoms with Crippen LogP contribution in [0.2, 0.25) is 10.0 Å². The normalized spacial score (nSPS) is 10.9. The molecule has 0 atom stereocenters. The minimum absolute atomic E-state index is 0.0117. The number of carboxylic acids is 1. The van der Waals surface area contributed by atoms with Gasteiger partial charge in [-0.05, 0) is 63.9 Å². The monoisotopic (exact) mass is 931 g/mol. The van der Waals surface area contributed by atoms with E-state index in [1.807, 2.05) is 76.2 Å². The molecular formula is C49H53Cl2F2N5O7. The number of benzene rings is 4. The fraction of sp³-hybridized carbons (Fsp3) is 0.306. The zero-order valence-electron chi connectivity index (χ0n) is 37.1. The van der Waals surface area contributed by atoms with E-state index in [1.165, 1.54) is 36.9 Å². The largest absolute Gasteiger partial charge is 0.480 e. The molecule has 2 heterocycles. The van der Waals surface area contributed by atoms with Gasteiger partial charge in [0, 0.05) is 75.9 Å². The first kappa shape index (κ1) is 51.4. The van der Waals surface area contributed by atoms with Gasteiger partial charge in [-0.3, -0.25) is 28.8 Å². The Labute approximate surface area is 386 Å². The summed E-state index contributed by atoms with van der Waals surface area (Å²) < 4.78 is 30.8. The molecule has 6 rings (SSSR count). The molecule has 6 aromatic rings. The number of hydrogen-bond donors (Lipinski definition) is 3. The van der Waals surface area contributed by atoms with E-state index in [-0.39, 0.29) is 77.1 Å². The lowest BCUT2D eigenvalue weighted by atomic mass is 10.1. The van der Waals surface area contributed by atoms with Crippen LogP contribution in [0.5, 0.6) is 0 Å². The van der Waals surface area contributed by atoms with Crippen molar-refractivity contribution in [1.82, 2.24) is 24.7 Å². The van der Waals surface area contributed by atoms with Crippen molar-refractivity contribution in [2.24, 2.45) is 0 Å². The molecule has 0 radical (unpaired) electrons. The van der Waals surface area contributed by atoms with Crippen LogP contribution in [0.1, 0.15) is 79.8 Å². The number of ketones is 3. The van der Waals surface area contributed by atoms with Gasteiger partial charge in [-0.1, -0.05) is 97.7 Å². The highest BCUT2D eigenvalue weighted by atomic mass is 35.5. The predicted octanol–water partition coefficient (Wildman–Crippen LogP) is 9.10. The molecule has 0 aliphatic rings. The van der Waals surface area contributed by atoms with E-state index in [0.29, 0.717) is 36.1 Å². The number of halogens is 4. The van der Waals surface area contributed by atoms with Crippen molar-refractivity contribution < 1.29 is 42.7 Å². The molecule has 4 aromatic carbocycles. The number of aliphatic carboxylic acids is 1. The summed E-state index contributed by atoms with van der Waals surface area (Å²) in [6.45, 7) is 10.5. The van der Waals surface area contributed by atoms with Crippen LogP contribution in [-0.4, -0.2) is 79.4 Å². The van der Waals surface area contributed by atoms with Gasteiger partial charge < -0.3 is 29.8 Å². The fourth-order valence-electron chi connectivity index (χ4n) is 6.77. The van der Waals surface area contributed by atoms with E-state index in [2.05, 4.69) is 10.6 Å². The summed E-state index contributed by atoms with van der Waals surface area (Å²) in [7, 11) is 0. The van der Waals surface area contributed by atoms with E-state index in [0.717, 1.165) is 21.8 Å². The SMILES string of the molecule is CC(=O)c1cn(CC(=O)N(CC(=O)NCc2cccc(Cl)c2F)C(C)C)c2ccccc12.CC(=O)c1cn(CC(=O)O)c2ccccc12.CC(C)NCC(=O)CCc1cccc(Cl)c1F. The number of carbonyl (C=O) groups excluding carboxylic acids is 5. The van der Waals surface area contributed by atoms with E-state index < -0.39 is 23.5 Å². The number of Topliss-reactive ketones (excluding diaryl/α,β-unsaturated/α-hetero) is 3. The van der Waals surface area contributed by atoms with Crippen molar-refractivity contribution in [1.29, 1.82) is 0 Å². The maximum absolute atomic E-state index is 14.0. The highest BCUT2D eigenvalue weighted by molar-refractivity contribution is 6.31. The number of carbonyl (C=O) groups is 6. The highest BCUT2D eigenvalue weighted by Gasteiger charge is 2.23. The Morgan fingerprint density at radius 3 is 1.68 bits per heavy atom. The summed E-state index contributed by atoms with van der Waals surface area (Å²) in [4.78, 5) is 72.5. The fourth-order valence-corrected chi connectivity index (χ4v) is 7.16. The van der Waals surface area contributed by atoms with E-state index >= 15 is 0 Å². The summed E-state index contributed by atoms with van der Waals surface area (Å²) in [6.07, 6.45) is 3.99. The third kappa shape index (κ3) is 14.6. The van der Waals surface area contributed by atoms with Crippen molar-refractivity contribution in [3.63, 3.8) is 0 Å². The molecule has 0 spiro atoms. The van der Waals surface area contributed by atoms with E-state index in [4.69, 9.17) is 28.3 Å². The molecule has 0 saturated carbocycles. The average Bonchev–Trinajstić information content (AvgIpc) is 3.81. The molecule has 0 saturated heterocycles. The number of para-hydroxylation sites is 2. The number of aromatic nitrogens is 2. The van der Waals surface area contributed by atoms with Crippen molar-refractivity contribution in [2.75, 3.05) is 13.1 Å². The Balaban J connectivity index is 0.000000235. The first-order chi connectivity index (χ1) is 30.8. The van der Waals surface area contributed by atoms with Gasteiger partial charge in [0.2, 0.25) is 11.8 Å². The maximum Gasteiger partial charge on any atom is 0.323 e. The zero-order valence-corrected chi connectivity index (χ0v) is 38.6. The quantitative estimate of drug-likeness (QED) is 0.0764. The molecule has 3 N–H and O–H groups in total. The summed E-state index contributed by atoms with van der Waals surface area (Å²) >= 11 is 11.4. The van der Waals surface area contributed by atoms with E-state index in [1.54, 1.807) is 39.7 Å². The summed E-state index contributed by atoms with van der Waals surface area (Å²) in [5.74, 6) is -2.64. The van der Waals surface area contributed by atoms with Gasteiger partial charge >= 0.3 is 5.97 Å². The van der Waals surface area contributed by atoms with Gasteiger partial charge in [-0.25, -0.2) is 8.78 Å². The molecule has 0 bridgehead atoms. The number of rotatable bonds is 17. The number of nitrogens with zero attached hydrogens (tertiary/aromatic N) is 3. The van der Waals surface area contributed by atoms with Crippen molar-refractivity contribution in [3.05, 3.63) is 141 Å². The second-order valence-corrected chi connectivity index (χ2v) is 16.6. The predicted molar refractivity (Wildman–Crippen MR) is 250 cm³/mol. The molecule has 344 valence electrons. The number of carboxylic acid groups (broad SMARTS) is 1. The van der Waals surface area contributed by atoms with Crippen LogP contribution in [0.25, 0.3) is 21.8 Å². The minimum atomic E-state index is -0.921. The van der Waals surface area contributed by atoms with Crippen LogP contribution in [-0.2, 0) is 45.2 Å². The van der Waals surface area contributed by atoms with Gasteiger partial charge in [0.15, 0.2) is 11.6 Å². The maximum atomic E-state index is 14.0. The summed E-state index contributed by atoms with van der Waals surface area (Å²) in [6, 6.07) is 24.1. The van der Waals surface area contributed by atoms with Crippen molar-refractivity contribution >= 4 is 80.1 Å². The van der Waals surface area contributed by atoms with Gasteiger partial charge in [0.25, 0.3) is 0 Å². The summed E-state index contributed by atoms with van der Waals surface area (Å²) in [5.41, 5.74) is 3.42. The van der Waals surface area contributed by atoms with Gasteiger partial charge in [0.1, 0.15) is 30.5 Å². The lowest BCUT2D eigenvalue weighted by molar-refractivity contribution is -0.138. The van der Waals surface area contributed by atoms with Crippen LogP contribution in [0.15, 0.2) is 97.3 Å². The molecule has 2 aromatic heterocycles. The lowest BCUT2D eigenvalue weighted by Gasteiger charge is -2.26. The average molecular weight is 933 g/mol. The third-order valence-corrected chi connectivity index (χ3v) is 10.7. The zero-order chi connectivity index (χ0) is 48.0. The minimum Gasteiger partial charge on any atom is -0.480 e. The lowest BCUT2D eigenvalue weighted by Crippen LogP contribution is -2.45. The first-order valence-electron chi connectivity index (χ1n) is 20.8. The van der Waals surface area contributed by atoms with Crippen LogP contribution >= 0.6 is 23.2 Å². The van der Waals surface area contributed by atoms with Crippen LogP contribution < -0.4 is 10.6 Å². The number of aryl methyl sites for hydroxylation is 1. The standard InChI is InChI=1S/C24H25ClFN3O3.C13H17ClFNO.C12H11NO3/c1-15(2)29(13-22(31)27-11-17-7-6-9-20(25)24(17)26)23(32)14-28-12-19(16(3)30)18-8-4-5-10-21(18)28;1-9(2)16-8-11(17)7-6-10-4-3-5-12(14)13(10)15;1-8(14)10-6-13(7-12(15)16)11-5-3-2-4-9(10)11/h4-10,12,15H,11,13-14H2,1-3H3,(H,27,31);3-5,9,16H,6-8H2,1-2H3;2-6H,7H2,1H3,(H,15,16). The number of hydrogen-bond acceptors (Lipinski definition) is 7. The molecule has 12 nitrogen and oxygen atoms in total. The van der Waals surface area contributed by atoms with Crippen LogP contribution in [0.4, 0.5) is 8.78 Å². The summed E-state index contributed by atoms with van der Waals surface area (Å²) in [5, 5.41) is 16.1. The Morgan fingerprint density at radius 1 is 0.692 bits per heavy atom. The van der Waals surface area contributed by atoms with Crippen molar-refractivity contribution in [3.8, 4) is 0 Å². The first-order valence-corrected chi connectivity index (χ1v) is 21.6. The van der Waals surface area contributed by atoms with Crippen LogP contribution in [0, 0.1) is 11.6 Å². The molecule has 0 aliphatic carbocycles. The van der Waals surface area contributed by atoms with Gasteiger partial charge in [-0.2, -0.15) is 0 Å². The molecule has 0 aliphatic heterocycles. The Morgan fingerprint density at radius 2 is 1.18 bits per heavy atom. The topological polar surface area (TPSA) is 160 Å². The van der Waals surface area contributed by atoms with Gasteiger partial charge in [0.05, 0.1) is 23.1 Å². The molecular weight excluding hydrogens is 879 g/mol. The molecule has 0 fully saturated rings. The van der Waals surface area contributed by atoms with E-state index in [9.17, 15) is 37.5 Å². The van der Waals surface area contributed by atoms with Crippen molar-refractivity contribution in [2.45, 2.75) is 86.1 Å². The molecule has 0 unspecified atom stereocenters. The highest BCUT2D eigenvalue weighted by Crippen LogP contribution is 2.24. The van der Waals surface area contributed by atoms with Crippen LogP contribution in [0.3, 0.4) is 0 Å². The second kappa shape index (κ2) is 24.2. The number of fused-ring (bicyclic) bond motifs is 2. The molecule has 65 heavy (non-hydrogen) atoms. The number of nitrogens with one attached hydrogen (secondary N) is 2. The Hall–Kier alpha value is -6.22. The Kier molecular flexibility index (Phi) is 19.1.